The fraction of sp³-hybridized carbons (Fsp3) is 0.636. The van der Waals surface area contributed by atoms with Crippen molar-refractivity contribution in [3.05, 3.63) is 17.0 Å². The summed E-state index contributed by atoms with van der Waals surface area (Å²) in [6, 6.07) is 0. The molecular weight excluding hydrogens is 256 g/mol. The zero-order valence-corrected chi connectivity index (χ0v) is 11.6. The van der Waals surface area contributed by atoms with Gasteiger partial charge in [-0.1, -0.05) is 13.8 Å². The van der Waals surface area contributed by atoms with Gasteiger partial charge in [-0.05, 0) is 12.8 Å². The van der Waals surface area contributed by atoms with Crippen molar-refractivity contribution in [3.8, 4) is 0 Å². The third-order valence-electron chi connectivity index (χ3n) is 2.69. The molecule has 0 aromatic carbocycles. The van der Waals surface area contributed by atoms with E-state index in [1.54, 1.807) is 0 Å². The second-order valence-electron chi connectivity index (χ2n) is 4.13. The summed E-state index contributed by atoms with van der Waals surface area (Å²) in [5.41, 5.74) is 1.31. The maximum absolute atomic E-state index is 11.2. The summed E-state index contributed by atoms with van der Waals surface area (Å²) in [4.78, 5) is 11.2. The average Bonchev–Trinajstić information content (AvgIpc) is 2.63. The molecule has 0 saturated carbocycles. The molecule has 7 heteroatoms. The van der Waals surface area contributed by atoms with Gasteiger partial charge in [0.15, 0.2) is 0 Å². The fourth-order valence-corrected chi connectivity index (χ4v) is 2.35. The molecule has 1 aromatic heterocycles. The number of nitrogens with zero attached hydrogens (tertiary/aromatic N) is 2. The van der Waals surface area contributed by atoms with Gasteiger partial charge in [-0.25, -0.2) is 13.2 Å². The molecule has 0 spiro atoms. The third-order valence-corrected chi connectivity index (χ3v) is 3.61. The molecule has 0 radical (unpaired) electrons. The van der Waals surface area contributed by atoms with Crippen LogP contribution in [-0.2, 0) is 29.2 Å². The Hall–Kier alpha value is -1.37. The first-order valence-corrected chi connectivity index (χ1v) is 7.85. The zero-order chi connectivity index (χ0) is 13.9. The molecule has 102 valence electrons. The lowest BCUT2D eigenvalue weighted by molar-refractivity contribution is 0.0694. The monoisotopic (exact) mass is 274 g/mol. The van der Waals surface area contributed by atoms with E-state index in [0.29, 0.717) is 24.2 Å². The molecule has 6 nitrogen and oxygen atoms in total. The molecule has 0 aliphatic carbocycles. The van der Waals surface area contributed by atoms with Crippen LogP contribution in [0, 0.1) is 0 Å². The van der Waals surface area contributed by atoms with Crippen LogP contribution in [0.3, 0.4) is 0 Å². The Morgan fingerprint density at radius 2 is 1.94 bits per heavy atom. The number of sulfone groups is 1. The van der Waals surface area contributed by atoms with E-state index in [1.165, 1.54) is 4.68 Å². The van der Waals surface area contributed by atoms with Crippen molar-refractivity contribution in [2.75, 3.05) is 12.0 Å². The summed E-state index contributed by atoms with van der Waals surface area (Å²) >= 11 is 0. The first-order valence-electron chi connectivity index (χ1n) is 5.79. The van der Waals surface area contributed by atoms with Crippen LogP contribution in [0.1, 0.15) is 35.6 Å². The van der Waals surface area contributed by atoms with Crippen LogP contribution in [0.15, 0.2) is 0 Å². The SMILES string of the molecule is CCc1nn(CCS(C)(=O)=O)c(CC)c1C(=O)O. The highest BCUT2D eigenvalue weighted by molar-refractivity contribution is 7.90. The Morgan fingerprint density at radius 3 is 2.33 bits per heavy atom. The number of hydrogen-bond donors (Lipinski definition) is 1. The number of aromatic carboxylic acids is 1. The minimum absolute atomic E-state index is 0.0378. The Labute approximate surface area is 107 Å². The second-order valence-corrected chi connectivity index (χ2v) is 6.39. The number of carbonyl (C=O) groups is 1. The summed E-state index contributed by atoms with van der Waals surface area (Å²) in [6.07, 6.45) is 2.18. The molecule has 0 aliphatic heterocycles. The van der Waals surface area contributed by atoms with Crippen LogP contribution in [0.5, 0.6) is 0 Å². The molecule has 0 bridgehead atoms. The van der Waals surface area contributed by atoms with E-state index in [9.17, 15) is 18.3 Å². The van der Waals surface area contributed by atoms with Crippen LogP contribution in [0.25, 0.3) is 0 Å². The highest BCUT2D eigenvalue weighted by atomic mass is 32.2. The summed E-state index contributed by atoms with van der Waals surface area (Å²) in [6.45, 7) is 3.86. The van der Waals surface area contributed by atoms with Crippen LogP contribution in [0.4, 0.5) is 0 Å². The van der Waals surface area contributed by atoms with Gasteiger partial charge in [-0.3, -0.25) is 4.68 Å². The summed E-state index contributed by atoms with van der Waals surface area (Å²) in [7, 11) is -3.09. The number of hydrogen-bond acceptors (Lipinski definition) is 4. The number of aromatic nitrogens is 2. The highest BCUT2D eigenvalue weighted by Crippen LogP contribution is 2.16. The molecule has 0 fully saturated rings. The van der Waals surface area contributed by atoms with Gasteiger partial charge in [-0.15, -0.1) is 0 Å². The Balaban J connectivity index is 3.16. The van der Waals surface area contributed by atoms with E-state index in [-0.39, 0.29) is 17.9 Å². The predicted molar refractivity (Wildman–Crippen MR) is 67.7 cm³/mol. The number of rotatable bonds is 6. The molecule has 18 heavy (non-hydrogen) atoms. The smallest absolute Gasteiger partial charge is 0.339 e. The largest absolute Gasteiger partial charge is 0.478 e. The minimum Gasteiger partial charge on any atom is -0.478 e. The zero-order valence-electron chi connectivity index (χ0n) is 10.8. The van der Waals surface area contributed by atoms with Crippen LogP contribution < -0.4 is 0 Å². The lowest BCUT2D eigenvalue weighted by Crippen LogP contribution is -2.15. The van der Waals surface area contributed by atoms with E-state index in [4.69, 9.17) is 0 Å². The Kier molecular flexibility index (Phi) is 4.50. The molecule has 0 atom stereocenters. The summed E-state index contributed by atoms with van der Waals surface area (Å²) in [5.74, 6) is -1.04. The van der Waals surface area contributed by atoms with E-state index < -0.39 is 15.8 Å². The molecular formula is C11H18N2O4S. The molecule has 0 amide bonds. The highest BCUT2D eigenvalue weighted by Gasteiger charge is 2.21. The molecule has 1 rings (SSSR count). The normalized spacial score (nSPS) is 11.7. The lowest BCUT2D eigenvalue weighted by Gasteiger charge is -2.05. The molecule has 0 aliphatic rings. The Morgan fingerprint density at radius 1 is 1.33 bits per heavy atom. The van der Waals surface area contributed by atoms with Gasteiger partial charge in [0, 0.05) is 6.26 Å². The van der Waals surface area contributed by atoms with Crippen molar-refractivity contribution >= 4 is 15.8 Å². The second kappa shape index (κ2) is 5.51. The van der Waals surface area contributed by atoms with Crippen molar-refractivity contribution in [2.24, 2.45) is 0 Å². The number of aryl methyl sites for hydroxylation is 2. The van der Waals surface area contributed by atoms with E-state index >= 15 is 0 Å². The van der Waals surface area contributed by atoms with E-state index in [2.05, 4.69) is 5.10 Å². The van der Waals surface area contributed by atoms with E-state index in [1.807, 2.05) is 13.8 Å². The first-order chi connectivity index (χ1) is 8.30. The van der Waals surface area contributed by atoms with Crippen molar-refractivity contribution in [1.82, 2.24) is 9.78 Å². The van der Waals surface area contributed by atoms with Gasteiger partial charge >= 0.3 is 5.97 Å². The predicted octanol–water partition coefficient (Wildman–Crippen LogP) is 0.751. The number of carboxylic acid groups (broad SMARTS) is 1. The van der Waals surface area contributed by atoms with Crippen LogP contribution in [0.2, 0.25) is 0 Å². The van der Waals surface area contributed by atoms with Gasteiger partial charge in [0.2, 0.25) is 0 Å². The van der Waals surface area contributed by atoms with Crippen LogP contribution in [-0.4, -0.2) is 41.3 Å². The quantitative estimate of drug-likeness (QED) is 0.826. The number of carboxylic acids is 1. The van der Waals surface area contributed by atoms with Crippen LogP contribution >= 0.6 is 0 Å². The Bertz CT molecular complexity index is 546. The molecule has 1 heterocycles. The lowest BCUT2D eigenvalue weighted by atomic mass is 10.1. The van der Waals surface area contributed by atoms with Crippen molar-refractivity contribution in [3.63, 3.8) is 0 Å². The van der Waals surface area contributed by atoms with Crippen molar-refractivity contribution in [1.29, 1.82) is 0 Å². The van der Waals surface area contributed by atoms with Gasteiger partial charge in [0.1, 0.15) is 15.4 Å². The minimum atomic E-state index is -3.09. The third kappa shape index (κ3) is 3.32. The maximum Gasteiger partial charge on any atom is 0.339 e. The maximum atomic E-state index is 11.2. The van der Waals surface area contributed by atoms with Gasteiger partial charge in [-0.2, -0.15) is 5.10 Å². The summed E-state index contributed by atoms with van der Waals surface area (Å²) in [5, 5.41) is 13.4. The van der Waals surface area contributed by atoms with Crippen molar-refractivity contribution < 1.29 is 18.3 Å². The first kappa shape index (κ1) is 14.7. The van der Waals surface area contributed by atoms with Gasteiger partial charge < -0.3 is 5.11 Å². The average molecular weight is 274 g/mol. The van der Waals surface area contributed by atoms with Gasteiger partial charge in [0.25, 0.3) is 0 Å². The topological polar surface area (TPSA) is 89.3 Å². The van der Waals surface area contributed by atoms with Gasteiger partial charge in [0.05, 0.1) is 23.7 Å². The van der Waals surface area contributed by atoms with E-state index in [0.717, 1.165) is 6.26 Å². The summed E-state index contributed by atoms with van der Waals surface area (Å²) < 4.78 is 23.8. The molecule has 0 unspecified atom stereocenters. The van der Waals surface area contributed by atoms with Crippen molar-refractivity contribution in [2.45, 2.75) is 33.2 Å². The molecule has 0 saturated heterocycles. The fourth-order valence-electron chi connectivity index (χ4n) is 1.84. The molecule has 1 aromatic rings. The molecule has 1 N–H and O–H groups in total. The standard InChI is InChI=1S/C11H18N2O4S/c1-4-8-10(11(14)15)9(5-2)13(12-8)6-7-18(3,16)17/h4-7H2,1-3H3,(H,14,15).